The van der Waals surface area contributed by atoms with Crippen molar-refractivity contribution in [1.82, 2.24) is 25.5 Å². The molecule has 98 heavy (non-hydrogen) atoms. The van der Waals surface area contributed by atoms with Crippen molar-refractivity contribution < 1.29 is 109 Å². The van der Waals surface area contributed by atoms with Gasteiger partial charge in [0.05, 0.1) is 50.7 Å². The number of carboxylic acid groups (broad SMARTS) is 1. The molecule has 6 unspecified atom stereocenters. The lowest BCUT2D eigenvalue weighted by molar-refractivity contribution is -0.505. The summed E-state index contributed by atoms with van der Waals surface area (Å²) in [4.78, 5) is 124. The number of benzene rings is 4. The van der Waals surface area contributed by atoms with Crippen LogP contribution in [0.15, 0.2) is 92.7 Å². The third-order valence-electron chi connectivity index (χ3n) is 14.8. The van der Waals surface area contributed by atoms with Crippen molar-refractivity contribution in [2.45, 2.75) is 69.6 Å². The first kappa shape index (κ1) is 73.0. The molecule has 0 radical (unpaired) electrons. The number of carbonyl (C=O) groups is 4. The Kier molecular flexibility index (Phi) is 25.2. The summed E-state index contributed by atoms with van der Waals surface area (Å²) in [7, 11) is -17.2. The maximum absolute atomic E-state index is 13.1. The number of hydrogen-bond donors (Lipinski definition) is 11. The number of aryl methyl sites for hydroxylation is 2. The van der Waals surface area contributed by atoms with E-state index >= 15 is 0 Å². The summed E-state index contributed by atoms with van der Waals surface area (Å²) < 4.78 is 88.3. The van der Waals surface area contributed by atoms with Crippen LogP contribution in [0, 0.1) is 11.8 Å². The number of rotatable bonds is 33. The van der Waals surface area contributed by atoms with E-state index in [1.807, 2.05) is 17.1 Å². The van der Waals surface area contributed by atoms with E-state index in [1.165, 1.54) is 12.1 Å². The van der Waals surface area contributed by atoms with E-state index in [4.69, 9.17) is 54.0 Å². The van der Waals surface area contributed by atoms with Gasteiger partial charge in [0.15, 0.2) is 6.23 Å². The van der Waals surface area contributed by atoms with Crippen LogP contribution in [0.4, 0.5) is 5.69 Å². The number of phosphoric acid groups is 3. The van der Waals surface area contributed by atoms with Crippen molar-refractivity contribution >= 4 is 58.4 Å². The molecule has 0 saturated carbocycles. The summed E-state index contributed by atoms with van der Waals surface area (Å²) in [6, 6.07) is 19.1. The summed E-state index contributed by atoms with van der Waals surface area (Å²) in [6.45, 7) is -1.00. The largest absolute Gasteiger partial charge is 0.494 e. The molecule has 4 aromatic carbocycles. The molecule has 520 valence electrons. The van der Waals surface area contributed by atoms with Gasteiger partial charge in [-0.05, 0) is 90.8 Å². The fourth-order valence-corrected chi connectivity index (χ4v) is 13.6. The summed E-state index contributed by atoms with van der Waals surface area (Å²) in [5.41, 5.74) is 21.1. The molecule has 1 aromatic heterocycles. The van der Waals surface area contributed by atoms with Crippen LogP contribution >= 0.6 is 23.5 Å². The highest BCUT2D eigenvalue weighted by atomic mass is 31.3. The molecule has 5 heterocycles. The second kappa shape index (κ2) is 33.8. The summed E-state index contributed by atoms with van der Waals surface area (Å²) in [5, 5.41) is 30.4. The Morgan fingerprint density at radius 1 is 0.857 bits per heavy atom. The molecule has 9 rings (SSSR count). The van der Waals surface area contributed by atoms with Crippen molar-refractivity contribution in [2.24, 2.45) is 10.2 Å². The van der Waals surface area contributed by atoms with Crippen LogP contribution in [0.3, 0.4) is 0 Å². The monoisotopic (exact) mass is 1420 g/mol. The number of carboxylic acids is 1. The highest BCUT2D eigenvalue weighted by Crippen LogP contribution is 2.66. The number of ether oxygens (including phenoxy) is 7. The fraction of sp³-hybridized carbons (Fsp3) is 0.397. The number of azide groups is 2. The van der Waals surface area contributed by atoms with Gasteiger partial charge in [0.2, 0.25) is 17.2 Å². The van der Waals surface area contributed by atoms with Gasteiger partial charge in [-0.15, -0.1) is 0 Å². The standard InChI is InChI=1S/C58H64N13O24P3/c59-69-66-33-90-48-28-53(93-49(48)30-91-97(82,83)95-98(84,85)94-96(79,80)81)71-29-37(56(75)67-58(71)78)9-4-16-63-51(73)31-86-20-21-88-52(68-70-60)32-89-38-10-1-6-36(22-38)55(74)65-18-17-64-50(72)11-5-19-87-39-12-13-40(57(76)77)41(25-39)54-42-23-34-7-2-14-61-44(34)26-46(42)92-47-27-45-35(24-43(47)54)8-3-15-62-45/h1,6,10,12-13,22-27,29,48-49,52-53,61H,2-3,5,7-8,11,14-21,28,30-33H2,(H,63,73)(H,64,72)(H,65,74)(H,76,77)(H,82,83)(H,84,85)(H,67,75,78)(H2,79,80,81)/p+1. The van der Waals surface area contributed by atoms with E-state index in [1.54, 1.807) is 30.3 Å². The fourth-order valence-electron chi connectivity index (χ4n) is 10.5. The lowest BCUT2D eigenvalue weighted by Gasteiger charge is -2.26. The summed E-state index contributed by atoms with van der Waals surface area (Å²) >= 11 is 0. The van der Waals surface area contributed by atoms with E-state index in [0.717, 1.165) is 88.1 Å². The van der Waals surface area contributed by atoms with Crippen LogP contribution in [0.1, 0.15) is 86.9 Å². The van der Waals surface area contributed by atoms with Crippen LogP contribution in [-0.4, -0.2) is 155 Å². The summed E-state index contributed by atoms with van der Waals surface area (Å²) in [6.07, 6.45) is -0.316. The quantitative estimate of drug-likeness (QED) is 0.00699. The third kappa shape index (κ3) is 20.6. The molecule has 40 heteroatoms. The van der Waals surface area contributed by atoms with Gasteiger partial charge in [-0.2, -0.15) is 8.62 Å². The highest BCUT2D eigenvalue weighted by Gasteiger charge is 2.44. The van der Waals surface area contributed by atoms with E-state index in [0.29, 0.717) is 29.2 Å². The van der Waals surface area contributed by atoms with Crippen LogP contribution in [0.25, 0.3) is 26.5 Å². The first-order valence-corrected chi connectivity index (χ1v) is 34.5. The average Bonchev–Trinajstić information content (AvgIpc) is 0.860. The predicted molar refractivity (Wildman–Crippen MR) is 337 cm³/mol. The number of nitrogens with zero attached hydrogens (tertiary/aromatic N) is 7. The number of H-pyrrole nitrogens is 1. The van der Waals surface area contributed by atoms with Crippen molar-refractivity contribution in [3.05, 3.63) is 164 Å². The van der Waals surface area contributed by atoms with E-state index in [2.05, 4.69) is 83.4 Å². The molecule has 4 aliphatic rings. The molecule has 0 spiro atoms. The maximum Gasteiger partial charge on any atom is 0.490 e. The van der Waals surface area contributed by atoms with Gasteiger partial charge in [-0.3, -0.25) is 33.3 Å². The zero-order valence-corrected chi connectivity index (χ0v) is 54.3. The minimum absolute atomic E-state index is 0.0899. The number of aromatic carboxylic acids is 1. The number of anilines is 1. The molecule has 6 atom stereocenters. The van der Waals surface area contributed by atoms with E-state index in [-0.39, 0.29) is 87.3 Å². The van der Waals surface area contributed by atoms with Crippen LogP contribution < -0.4 is 62.3 Å². The molecule has 3 amide bonds. The lowest BCUT2D eigenvalue weighted by Crippen LogP contribution is -2.79. The number of amides is 3. The molecule has 0 aliphatic carbocycles. The van der Waals surface area contributed by atoms with Gasteiger partial charge in [0.25, 0.3) is 11.5 Å². The van der Waals surface area contributed by atoms with Crippen molar-refractivity contribution in [1.29, 1.82) is 0 Å². The minimum atomic E-state index is -5.87. The Morgan fingerprint density at radius 3 is 2.46 bits per heavy atom. The van der Waals surface area contributed by atoms with Crippen molar-refractivity contribution in [3.63, 3.8) is 0 Å². The molecule has 5 aromatic rings. The number of hydrogen-bond acceptors (Lipinski definition) is 22. The van der Waals surface area contributed by atoms with Gasteiger partial charge in [-0.1, -0.05) is 28.1 Å². The molecular weight excluding hydrogens is 1360 g/mol. The Hall–Kier alpha value is -9.26. The maximum atomic E-state index is 13.1. The van der Waals surface area contributed by atoms with E-state index < -0.39 is 97.1 Å². The third-order valence-corrected chi connectivity index (χ3v) is 18.6. The van der Waals surface area contributed by atoms with Gasteiger partial charge in [0.1, 0.15) is 67.4 Å². The molecule has 11 N–H and O–H groups in total. The Bertz CT molecular complexity index is 4430. The minimum Gasteiger partial charge on any atom is -0.494 e. The molecule has 4 aliphatic heterocycles. The van der Waals surface area contributed by atoms with Crippen molar-refractivity contribution in [2.75, 3.05) is 84.4 Å². The summed E-state index contributed by atoms with van der Waals surface area (Å²) in [5.74, 6) is 4.42. The Labute approximate surface area is 554 Å². The topological polar surface area (TPSA) is 527 Å². The van der Waals surface area contributed by atoms with Gasteiger partial charge in [-0.25, -0.2) is 28.3 Å². The van der Waals surface area contributed by atoms with Gasteiger partial charge < -0.3 is 79.1 Å². The Morgan fingerprint density at radius 2 is 1.66 bits per heavy atom. The van der Waals surface area contributed by atoms with Crippen molar-refractivity contribution in [3.8, 4) is 34.8 Å². The number of aromatic nitrogens is 2. The first-order valence-electron chi connectivity index (χ1n) is 30.0. The molecule has 1 saturated heterocycles. The number of fused-ring (bicyclic) bond motifs is 4. The number of aromatic amines is 1. The number of carbonyl (C=O) groups excluding carboxylic acids is 3. The molecule has 37 nitrogen and oxygen atoms in total. The second-order valence-electron chi connectivity index (χ2n) is 21.6. The lowest BCUT2D eigenvalue weighted by atomic mass is 9.86. The SMILES string of the molecule is [N-]=[N+]=NCOC1CC(n2cc(C#CCNC(=O)COCCOC(COc3cccc(C(=O)NCCNC(=O)CCCOc4ccc(C(=O)O)c(C5=c6cc7c(cc6Oc6cc8c(cc65)CCCN8)=[NH+]CCC7)c4)c3)N=[N+]=[N-])c(=O)[nH]c2=O)OC1COP(=O)(O)OP(=O)(O)OP(=O)(O)O. The second-order valence-corrected chi connectivity index (χ2v) is 26.1. The van der Waals surface area contributed by atoms with Crippen LogP contribution in [0.5, 0.6) is 23.0 Å². The smallest absolute Gasteiger partial charge is 0.490 e. The average molecular weight is 1420 g/mol. The number of phosphoric ester groups is 1. The number of nitrogens with one attached hydrogen (secondary N) is 6. The zero-order chi connectivity index (χ0) is 70.0. The van der Waals surface area contributed by atoms with E-state index in [9.17, 15) is 57.4 Å². The normalized spacial score (nSPS) is 17.3. The van der Waals surface area contributed by atoms with Crippen LogP contribution in [0.2, 0.25) is 0 Å². The molecular formula is C58H65N13O24P3+. The van der Waals surface area contributed by atoms with Crippen LogP contribution in [-0.2, 0) is 68.2 Å². The van der Waals surface area contributed by atoms with Gasteiger partial charge in [0, 0.05) is 99.7 Å². The zero-order valence-electron chi connectivity index (χ0n) is 51.6. The highest BCUT2D eigenvalue weighted by molar-refractivity contribution is 7.66. The molecule has 0 bridgehead atoms. The molecule has 1 fully saturated rings. The first-order chi connectivity index (χ1) is 46.9. The Balaban J connectivity index is 0.671. The predicted octanol–water partition coefficient (Wildman–Crippen LogP) is 1.80. The van der Waals surface area contributed by atoms with Gasteiger partial charge >= 0.3 is 35.1 Å².